The second kappa shape index (κ2) is 5.69. The van der Waals surface area contributed by atoms with Gasteiger partial charge in [-0.15, -0.1) is 11.3 Å². The highest BCUT2D eigenvalue weighted by atomic mass is 32.1. The molecule has 0 bridgehead atoms. The van der Waals surface area contributed by atoms with Gasteiger partial charge in [0, 0.05) is 27.2 Å². The van der Waals surface area contributed by atoms with Crippen molar-refractivity contribution in [3.05, 3.63) is 10.4 Å². The monoisotopic (exact) mass is 294 g/mol. The Hall–Kier alpha value is -1.78. The maximum atomic E-state index is 12.1. The average molecular weight is 294 g/mol. The number of rotatable bonds is 2. The summed E-state index contributed by atoms with van der Waals surface area (Å²) in [5.41, 5.74) is 6.53. The SMILES string of the molecule is CN(C)C(=O)c1sc(N2CCCC(O)C2)c(C#N)c1N. The van der Waals surface area contributed by atoms with Crippen LogP contribution in [0.1, 0.15) is 28.1 Å². The van der Waals surface area contributed by atoms with Crippen LogP contribution in [0, 0.1) is 11.3 Å². The molecule has 2 heterocycles. The third-order valence-corrected chi connectivity index (χ3v) is 4.58. The van der Waals surface area contributed by atoms with Crippen LogP contribution in [-0.4, -0.2) is 49.2 Å². The molecule has 0 radical (unpaired) electrons. The number of thiophene rings is 1. The number of piperidine rings is 1. The van der Waals surface area contributed by atoms with Crippen LogP contribution in [0.15, 0.2) is 0 Å². The highest BCUT2D eigenvalue weighted by Crippen LogP contribution is 2.39. The summed E-state index contributed by atoms with van der Waals surface area (Å²) in [6.07, 6.45) is 1.23. The van der Waals surface area contributed by atoms with Crippen molar-refractivity contribution in [2.24, 2.45) is 0 Å². The second-order valence-corrected chi connectivity index (χ2v) is 6.08. The number of carbonyl (C=O) groups excluding carboxylic acids is 1. The lowest BCUT2D eigenvalue weighted by atomic mass is 10.1. The largest absolute Gasteiger partial charge is 0.396 e. The Labute approximate surface area is 122 Å². The summed E-state index contributed by atoms with van der Waals surface area (Å²) in [6.45, 7) is 1.24. The van der Waals surface area contributed by atoms with Crippen molar-refractivity contribution in [2.75, 3.05) is 37.8 Å². The molecule has 1 amide bonds. The van der Waals surface area contributed by atoms with Gasteiger partial charge in [-0.1, -0.05) is 0 Å². The van der Waals surface area contributed by atoms with Gasteiger partial charge in [-0.25, -0.2) is 0 Å². The summed E-state index contributed by atoms with van der Waals surface area (Å²) >= 11 is 1.23. The van der Waals surface area contributed by atoms with E-state index in [0.29, 0.717) is 22.0 Å². The van der Waals surface area contributed by atoms with Gasteiger partial charge >= 0.3 is 0 Å². The summed E-state index contributed by atoms with van der Waals surface area (Å²) in [5, 5.41) is 19.7. The van der Waals surface area contributed by atoms with Gasteiger partial charge in [-0.3, -0.25) is 4.79 Å². The van der Waals surface area contributed by atoms with Crippen LogP contribution in [0.25, 0.3) is 0 Å². The Morgan fingerprint density at radius 2 is 2.30 bits per heavy atom. The molecule has 1 aromatic heterocycles. The summed E-state index contributed by atoms with van der Waals surface area (Å²) in [7, 11) is 3.30. The summed E-state index contributed by atoms with van der Waals surface area (Å²) in [5.74, 6) is -0.201. The molecule has 1 aromatic rings. The van der Waals surface area contributed by atoms with Crippen LogP contribution >= 0.6 is 11.3 Å². The number of carbonyl (C=O) groups is 1. The van der Waals surface area contributed by atoms with Crippen LogP contribution in [0.4, 0.5) is 10.7 Å². The first kappa shape index (κ1) is 14.6. The zero-order valence-electron chi connectivity index (χ0n) is 11.6. The second-order valence-electron chi connectivity index (χ2n) is 5.08. The average Bonchev–Trinajstić information content (AvgIpc) is 2.74. The molecule has 0 aromatic carbocycles. The van der Waals surface area contributed by atoms with Crippen LogP contribution in [0.5, 0.6) is 0 Å². The lowest BCUT2D eigenvalue weighted by molar-refractivity contribution is 0.0833. The van der Waals surface area contributed by atoms with E-state index in [-0.39, 0.29) is 11.6 Å². The molecule has 7 heteroatoms. The molecule has 1 aliphatic heterocycles. The Balaban J connectivity index is 2.41. The third-order valence-electron chi connectivity index (χ3n) is 3.32. The van der Waals surface area contributed by atoms with Crippen molar-refractivity contribution >= 4 is 27.9 Å². The molecule has 0 spiro atoms. The van der Waals surface area contributed by atoms with Crippen molar-refractivity contribution in [3.8, 4) is 6.07 Å². The molecule has 108 valence electrons. The van der Waals surface area contributed by atoms with Crippen LogP contribution < -0.4 is 10.6 Å². The number of amides is 1. The highest BCUT2D eigenvalue weighted by molar-refractivity contribution is 7.19. The first-order chi connectivity index (χ1) is 9.45. The molecule has 1 unspecified atom stereocenters. The number of hydrogen-bond donors (Lipinski definition) is 2. The predicted octanol–water partition coefficient (Wildman–Crippen LogP) is 0.865. The summed E-state index contributed by atoms with van der Waals surface area (Å²) in [4.78, 5) is 15.9. The Morgan fingerprint density at radius 1 is 1.60 bits per heavy atom. The molecule has 3 N–H and O–H groups in total. The minimum absolute atomic E-state index is 0.201. The molecule has 20 heavy (non-hydrogen) atoms. The maximum Gasteiger partial charge on any atom is 0.265 e. The van der Waals surface area contributed by atoms with E-state index in [1.807, 2.05) is 4.90 Å². The normalized spacial score (nSPS) is 18.7. The fraction of sp³-hybridized carbons (Fsp3) is 0.538. The van der Waals surface area contributed by atoms with E-state index in [2.05, 4.69) is 6.07 Å². The van der Waals surface area contributed by atoms with Crippen molar-refractivity contribution in [2.45, 2.75) is 18.9 Å². The smallest absolute Gasteiger partial charge is 0.265 e. The summed E-state index contributed by atoms with van der Waals surface area (Å²) < 4.78 is 0. The van der Waals surface area contributed by atoms with E-state index in [9.17, 15) is 15.2 Å². The zero-order valence-corrected chi connectivity index (χ0v) is 12.4. The Morgan fingerprint density at radius 3 is 2.85 bits per heavy atom. The number of nitrogens with two attached hydrogens (primary N) is 1. The van der Waals surface area contributed by atoms with Crippen molar-refractivity contribution in [3.63, 3.8) is 0 Å². The molecule has 1 atom stereocenters. The first-order valence-electron chi connectivity index (χ1n) is 6.42. The molecular formula is C13H18N4O2S. The minimum Gasteiger partial charge on any atom is -0.396 e. The van der Waals surface area contributed by atoms with Crippen molar-refractivity contribution < 1.29 is 9.90 Å². The summed E-state index contributed by atoms with van der Waals surface area (Å²) in [6, 6.07) is 2.08. The van der Waals surface area contributed by atoms with Gasteiger partial charge in [0.2, 0.25) is 0 Å². The van der Waals surface area contributed by atoms with Crippen LogP contribution in [-0.2, 0) is 0 Å². The topological polar surface area (TPSA) is 93.6 Å². The van der Waals surface area contributed by atoms with E-state index >= 15 is 0 Å². The number of hydrogen-bond acceptors (Lipinski definition) is 6. The van der Waals surface area contributed by atoms with Gasteiger partial charge in [0.1, 0.15) is 21.5 Å². The standard InChI is InChI=1S/C13H18N4O2S/c1-16(2)12(19)11-10(15)9(6-14)13(20-11)17-5-3-4-8(18)7-17/h8,18H,3-5,7,15H2,1-2H3. The number of aliphatic hydroxyl groups is 1. The van der Waals surface area contributed by atoms with E-state index in [4.69, 9.17) is 5.73 Å². The fourth-order valence-corrected chi connectivity index (χ4v) is 3.49. The van der Waals surface area contributed by atoms with E-state index in [1.54, 1.807) is 14.1 Å². The Bertz CT molecular complexity index is 561. The Kier molecular flexibility index (Phi) is 4.16. The van der Waals surface area contributed by atoms with Gasteiger partial charge in [0.05, 0.1) is 11.8 Å². The first-order valence-corrected chi connectivity index (χ1v) is 7.24. The van der Waals surface area contributed by atoms with Crippen LogP contribution in [0.2, 0.25) is 0 Å². The van der Waals surface area contributed by atoms with Gasteiger partial charge in [0.25, 0.3) is 5.91 Å². The van der Waals surface area contributed by atoms with E-state index in [1.165, 1.54) is 16.2 Å². The lowest BCUT2D eigenvalue weighted by Crippen LogP contribution is -2.38. The van der Waals surface area contributed by atoms with Gasteiger partial charge < -0.3 is 20.6 Å². The lowest BCUT2D eigenvalue weighted by Gasteiger charge is -2.30. The molecular weight excluding hydrogens is 276 g/mol. The van der Waals surface area contributed by atoms with Gasteiger partial charge in [-0.05, 0) is 12.8 Å². The molecule has 1 aliphatic rings. The van der Waals surface area contributed by atoms with E-state index < -0.39 is 6.10 Å². The molecule has 1 saturated heterocycles. The van der Waals surface area contributed by atoms with E-state index in [0.717, 1.165) is 19.4 Å². The zero-order chi connectivity index (χ0) is 14.9. The maximum absolute atomic E-state index is 12.1. The van der Waals surface area contributed by atoms with Crippen molar-refractivity contribution in [1.29, 1.82) is 5.26 Å². The number of aliphatic hydroxyl groups excluding tert-OH is 1. The molecule has 0 aliphatic carbocycles. The highest BCUT2D eigenvalue weighted by Gasteiger charge is 2.27. The molecule has 0 saturated carbocycles. The number of nitrogen functional groups attached to an aromatic ring is 1. The van der Waals surface area contributed by atoms with Crippen LogP contribution in [0.3, 0.4) is 0 Å². The number of nitriles is 1. The quantitative estimate of drug-likeness (QED) is 0.844. The fourth-order valence-electron chi connectivity index (χ4n) is 2.26. The number of anilines is 2. The predicted molar refractivity (Wildman–Crippen MR) is 78.9 cm³/mol. The van der Waals surface area contributed by atoms with Gasteiger partial charge in [-0.2, -0.15) is 5.26 Å². The number of β-amino-alcohol motifs (C(OH)–C–C–N with tert-alkyl or cyclic N) is 1. The molecule has 6 nitrogen and oxygen atoms in total. The third kappa shape index (κ3) is 2.57. The molecule has 2 rings (SSSR count). The number of nitrogens with zero attached hydrogens (tertiary/aromatic N) is 3. The minimum atomic E-state index is -0.397. The van der Waals surface area contributed by atoms with Gasteiger partial charge in [0.15, 0.2) is 0 Å². The van der Waals surface area contributed by atoms with Crippen molar-refractivity contribution in [1.82, 2.24) is 4.90 Å². The molecule has 1 fully saturated rings.